The first-order chi connectivity index (χ1) is 8.83. The van der Waals surface area contributed by atoms with Crippen molar-refractivity contribution in [2.75, 3.05) is 18.4 Å². The maximum atomic E-state index is 11.7. The van der Waals surface area contributed by atoms with E-state index >= 15 is 0 Å². The lowest BCUT2D eigenvalue weighted by Gasteiger charge is -2.40. The Morgan fingerprint density at radius 3 is 2.63 bits per heavy atom. The lowest BCUT2D eigenvalue weighted by Crippen LogP contribution is -2.58. The average Bonchev–Trinajstić information content (AvgIpc) is 2.22. The van der Waals surface area contributed by atoms with Gasteiger partial charge in [-0.1, -0.05) is 11.6 Å². The Bertz CT molecular complexity index is 452. The van der Waals surface area contributed by atoms with Gasteiger partial charge in [-0.3, -0.25) is 0 Å². The van der Waals surface area contributed by atoms with E-state index in [2.05, 4.69) is 15.5 Å². The molecule has 0 spiro atoms. The maximum absolute atomic E-state index is 11.7. The number of nitrogens with one attached hydrogen (secondary N) is 1. The summed E-state index contributed by atoms with van der Waals surface area (Å²) in [5.74, 6) is 0.651. The van der Waals surface area contributed by atoms with Crippen molar-refractivity contribution in [1.82, 2.24) is 15.1 Å². The first kappa shape index (κ1) is 13.9. The van der Waals surface area contributed by atoms with Crippen LogP contribution in [0.1, 0.15) is 20.8 Å². The highest BCUT2D eigenvalue weighted by Gasteiger charge is 2.33. The minimum atomic E-state index is -0.461. The molecule has 0 aromatic carbocycles. The van der Waals surface area contributed by atoms with Gasteiger partial charge in [0, 0.05) is 13.1 Å². The van der Waals surface area contributed by atoms with Crippen molar-refractivity contribution in [3.05, 3.63) is 17.3 Å². The van der Waals surface area contributed by atoms with Gasteiger partial charge in [0.05, 0.1) is 6.04 Å². The molecule has 0 unspecified atom stereocenters. The number of likely N-dealkylation sites (tertiary alicyclic amines) is 1. The molecule has 1 aliphatic heterocycles. The highest BCUT2D eigenvalue weighted by Crippen LogP contribution is 2.17. The van der Waals surface area contributed by atoms with Gasteiger partial charge in [-0.15, -0.1) is 10.2 Å². The average molecular weight is 285 g/mol. The minimum absolute atomic E-state index is 0.169. The summed E-state index contributed by atoms with van der Waals surface area (Å²) in [7, 11) is 0. The van der Waals surface area contributed by atoms with E-state index in [0.29, 0.717) is 24.1 Å². The van der Waals surface area contributed by atoms with E-state index in [1.165, 1.54) is 0 Å². The van der Waals surface area contributed by atoms with Gasteiger partial charge in [-0.05, 0) is 32.9 Å². The second-order valence-corrected chi connectivity index (χ2v) is 5.86. The predicted molar refractivity (Wildman–Crippen MR) is 72.3 cm³/mol. The van der Waals surface area contributed by atoms with E-state index in [1.807, 2.05) is 20.8 Å². The van der Waals surface area contributed by atoms with Crippen molar-refractivity contribution in [2.45, 2.75) is 32.4 Å². The van der Waals surface area contributed by atoms with Crippen molar-refractivity contribution >= 4 is 23.5 Å². The van der Waals surface area contributed by atoms with Gasteiger partial charge < -0.3 is 15.0 Å². The molecule has 1 aromatic rings. The molecule has 104 valence electrons. The van der Waals surface area contributed by atoms with Crippen LogP contribution in [0.2, 0.25) is 5.15 Å². The molecular formula is C12H17ClN4O2. The lowest BCUT2D eigenvalue weighted by molar-refractivity contribution is 0.0104. The fourth-order valence-electron chi connectivity index (χ4n) is 1.65. The molecule has 19 heavy (non-hydrogen) atoms. The molecule has 2 heterocycles. The summed E-state index contributed by atoms with van der Waals surface area (Å²) in [5, 5.41) is 11.2. The van der Waals surface area contributed by atoms with Crippen LogP contribution in [0.5, 0.6) is 0 Å². The quantitative estimate of drug-likeness (QED) is 0.901. The number of aromatic nitrogens is 2. The van der Waals surface area contributed by atoms with Crippen LogP contribution in [0, 0.1) is 0 Å². The molecule has 1 aromatic heterocycles. The normalized spacial score (nSPS) is 15.9. The number of hydrogen-bond acceptors (Lipinski definition) is 5. The van der Waals surface area contributed by atoms with Crippen LogP contribution in [0.25, 0.3) is 0 Å². The molecule has 0 aliphatic carbocycles. The van der Waals surface area contributed by atoms with E-state index in [4.69, 9.17) is 16.3 Å². The molecule has 1 aliphatic rings. The van der Waals surface area contributed by atoms with Gasteiger partial charge in [-0.2, -0.15) is 0 Å². The number of carbonyl (C=O) groups excluding carboxylic acids is 1. The number of amides is 1. The molecule has 1 saturated heterocycles. The van der Waals surface area contributed by atoms with Crippen LogP contribution < -0.4 is 5.32 Å². The Labute approximate surface area is 117 Å². The predicted octanol–water partition coefficient (Wildman–Crippen LogP) is 2.16. The fraction of sp³-hybridized carbons (Fsp3) is 0.583. The molecule has 0 radical (unpaired) electrons. The maximum Gasteiger partial charge on any atom is 0.410 e. The summed E-state index contributed by atoms with van der Waals surface area (Å²) < 4.78 is 5.27. The molecule has 7 heteroatoms. The van der Waals surface area contributed by atoms with Crippen molar-refractivity contribution in [3.63, 3.8) is 0 Å². The van der Waals surface area contributed by atoms with Gasteiger partial charge in [-0.25, -0.2) is 4.79 Å². The van der Waals surface area contributed by atoms with Gasteiger partial charge in [0.15, 0.2) is 5.15 Å². The molecule has 1 N–H and O–H groups in total. The van der Waals surface area contributed by atoms with E-state index in [-0.39, 0.29) is 12.1 Å². The Morgan fingerprint density at radius 1 is 1.42 bits per heavy atom. The van der Waals surface area contributed by atoms with E-state index in [0.717, 1.165) is 0 Å². The zero-order valence-electron chi connectivity index (χ0n) is 11.2. The SMILES string of the molecule is CC(C)(C)OC(=O)N1CC(Nc2ccc(Cl)nn2)C1. The molecule has 6 nitrogen and oxygen atoms in total. The second kappa shape index (κ2) is 5.21. The van der Waals surface area contributed by atoms with E-state index < -0.39 is 5.60 Å². The lowest BCUT2D eigenvalue weighted by atomic mass is 10.1. The molecular weight excluding hydrogens is 268 g/mol. The summed E-state index contributed by atoms with van der Waals surface area (Å²) in [6, 6.07) is 3.59. The summed E-state index contributed by atoms with van der Waals surface area (Å²) in [6.07, 6.45) is -0.284. The van der Waals surface area contributed by atoms with Crippen LogP contribution in [-0.4, -0.2) is 45.9 Å². The first-order valence-corrected chi connectivity index (χ1v) is 6.45. The van der Waals surface area contributed by atoms with Crippen molar-refractivity contribution in [2.24, 2.45) is 0 Å². The van der Waals surface area contributed by atoms with Crippen LogP contribution in [0.15, 0.2) is 12.1 Å². The zero-order valence-corrected chi connectivity index (χ0v) is 11.9. The third-order valence-corrected chi connectivity index (χ3v) is 2.72. The van der Waals surface area contributed by atoms with Crippen LogP contribution in [-0.2, 0) is 4.74 Å². The molecule has 2 rings (SSSR count). The van der Waals surface area contributed by atoms with Crippen LogP contribution >= 0.6 is 11.6 Å². The topological polar surface area (TPSA) is 67.3 Å². The van der Waals surface area contributed by atoms with Gasteiger partial charge in [0.25, 0.3) is 0 Å². The standard InChI is InChI=1S/C12H17ClN4O2/c1-12(2,3)19-11(18)17-6-8(7-17)14-10-5-4-9(13)15-16-10/h4-5,8H,6-7H2,1-3H3,(H,14,16). The third-order valence-electron chi connectivity index (χ3n) is 2.52. The number of hydrogen-bond donors (Lipinski definition) is 1. The van der Waals surface area contributed by atoms with Crippen molar-refractivity contribution in [1.29, 1.82) is 0 Å². The number of ether oxygens (including phenoxy) is 1. The van der Waals surface area contributed by atoms with Crippen LogP contribution in [0.4, 0.5) is 10.6 Å². The molecule has 1 fully saturated rings. The second-order valence-electron chi connectivity index (χ2n) is 5.47. The number of carbonyl (C=O) groups is 1. The molecule has 0 saturated carbocycles. The van der Waals surface area contributed by atoms with Gasteiger partial charge >= 0.3 is 6.09 Å². The Morgan fingerprint density at radius 2 is 2.11 bits per heavy atom. The minimum Gasteiger partial charge on any atom is -0.444 e. The highest BCUT2D eigenvalue weighted by atomic mass is 35.5. The Balaban J connectivity index is 1.77. The Hall–Kier alpha value is -1.56. The molecule has 0 atom stereocenters. The number of rotatable bonds is 2. The molecule has 1 amide bonds. The summed E-state index contributed by atoms with van der Waals surface area (Å²) in [5.41, 5.74) is -0.461. The number of anilines is 1. The van der Waals surface area contributed by atoms with E-state index in [9.17, 15) is 4.79 Å². The number of nitrogens with zero attached hydrogens (tertiary/aromatic N) is 3. The fourth-order valence-corrected chi connectivity index (χ4v) is 1.75. The largest absolute Gasteiger partial charge is 0.444 e. The van der Waals surface area contributed by atoms with E-state index in [1.54, 1.807) is 17.0 Å². The highest BCUT2D eigenvalue weighted by molar-refractivity contribution is 6.29. The monoisotopic (exact) mass is 284 g/mol. The summed E-state index contributed by atoms with van der Waals surface area (Å²) in [6.45, 7) is 6.75. The van der Waals surface area contributed by atoms with Gasteiger partial charge in [0.2, 0.25) is 0 Å². The van der Waals surface area contributed by atoms with Gasteiger partial charge in [0.1, 0.15) is 11.4 Å². The van der Waals surface area contributed by atoms with Crippen molar-refractivity contribution < 1.29 is 9.53 Å². The summed E-state index contributed by atoms with van der Waals surface area (Å²) >= 11 is 5.65. The smallest absolute Gasteiger partial charge is 0.410 e. The zero-order chi connectivity index (χ0) is 14.0. The number of halogens is 1. The van der Waals surface area contributed by atoms with Crippen LogP contribution in [0.3, 0.4) is 0 Å². The summed E-state index contributed by atoms with van der Waals surface area (Å²) in [4.78, 5) is 13.4. The molecule has 0 bridgehead atoms. The van der Waals surface area contributed by atoms with Crippen molar-refractivity contribution in [3.8, 4) is 0 Å². The third kappa shape index (κ3) is 3.96. The first-order valence-electron chi connectivity index (χ1n) is 6.07. The Kier molecular flexibility index (Phi) is 3.80.